The number of benzene rings is 1. The van der Waals surface area contributed by atoms with Crippen molar-refractivity contribution in [2.75, 3.05) is 18.9 Å². The van der Waals surface area contributed by atoms with Gasteiger partial charge in [0.25, 0.3) is 0 Å². The van der Waals surface area contributed by atoms with Crippen LogP contribution in [-0.2, 0) is 16.1 Å². The minimum atomic E-state index is 0.306. The summed E-state index contributed by atoms with van der Waals surface area (Å²) in [5, 5.41) is 0. The van der Waals surface area contributed by atoms with E-state index in [0.717, 1.165) is 41.8 Å². The molecule has 1 heterocycles. The van der Waals surface area contributed by atoms with Crippen LogP contribution in [0.25, 0.3) is 0 Å². The first-order valence-corrected chi connectivity index (χ1v) is 6.29. The molecule has 0 aromatic heterocycles. The van der Waals surface area contributed by atoms with Crippen LogP contribution in [0.1, 0.15) is 18.4 Å². The standard InChI is InChI=1S/C12H16BrNO2/c13-11-2-1-3-12(14)10(11)8-16-9-4-6-15-7-5-9/h1-3,9H,4-8,14H2. The van der Waals surface area contributed by atoms with Crippen LogP contribution in [-0.4, -0.2) is 19.3 Å². The third kappa shape index (κ3) is 2.97. The monoisotopic (exact) mass is 285 g/mol. The average Bonchev–Trinajstić information content (AvgIpc) is 2.30. The SMILES string of the molecule is Nc1cccc(Br)c1COC1CCOCC1. The fourth-order valence-corrected chi connectivity index (χ4v) is 2.27. The number of hydrogen-bond acceptors (Lipinski definition) is 3. The van der Waals surface area contributed by atoms with Crippen molar-refractivity contribution in [1.82, 2.24) is 0 Å². The second-order valence-electron chi connectivity index (χ2n) is 3.93. The summed E-state index contributed by atoms with van der Waals surface area (Å²) < 4.78 is 12.1. The Bertz CT molecular complexity index is 331. The molecule has 88 valence electrons. The summed E-state index contributed by atoms with van der Waals surface area (Å²) >= 11 is 3.49. The molecule has 0 aliphatic carbocycles. The highest BCUT2D eigenvalue weighted by molar-refractivity contribution is 9.10. The zero-order valence-corrected chi connectivity index (χ0v) is 10.7. The fourth-order valence-electron chi connectivity index (χ4n) is 1.77. The number of ether oxygens (including phenoxy) is 2. The van der Waals surface area contributed by atoms with Gasteiger partial charge in [0.15, 0.2) is 0 Å². The van der Waals surface area contributed by atoms with Gasteiger partial charge in [-0.15, -0.1) is 0 Å². The Balaban J connectivity index is 1.93. The smallest absolute Gasteiger partial charge is 0.0751 e. The van der Waals surface area contributed by atoms with Gasteiger partial charge < -0.3 is 15.2 Å². The normalized spacial score (nSPS) is 17.6. The molecule has 1 aromatic rings. The Hall–Kier alpha value is -0.580. The van der Waals surface area contributed by atoms with Gasteiger partial charge in [-0.2, -0.15) is 0 Å². The molecule has 0 spiro atoms. The number of hydrogen-bond donors (Lipinski definition) is 1. The van der Waals surface area contributed by atoms with E-state index in [2.05, 4.69) is 15.9 Å². The van der Waals surface area contributed by atoms with Gasteiger partial charge in [-0.05, 0) is 25.0 Å². The van der Waals surface area contributed by atoms with Gasteiger partial charge in [-0.1, -0.05) is 22.0 Å². The molecular weight excluding hydrogens is 270 g/mol. The molecule has 0 radical (unpaired) electrons. The Kier molecular flexibility index (Phi) is 4.21. The zero-order valence-electron chi connectivity index (χ0n) is 9.12. The molecule has 0 atom stereocenters. The zero-order chi connectivity index (χ0) is 11.4. The van der Waals surface area contributed by atoms with Crippen LogP contribution >= 0.6 is 15.9 Å². The minimum Gasteiger partial charge on any atom is -0.398 e. The first-order valence-electron chi connectivity index (χ1n) is 5.49. The van der Waals surface area contributed by atoms with Gasteiger partial charge in [0, 0.05) is 28.9 Å². The molecule has 4 heteroatoms. The van der Waals surface area contributed by atoms with Crippen molar-refractivity contribution < 1.29 is 9.47 Å². The summed E-state index contributed by atoms with van der Waals surface area (Å²) in [6, 6.07) is 5.81. The molecule has 0 amide bonds. The predicted octanol–water partition coefficient (Wildman–Crippen LogP) is 2.73. The van der Waals surface area contributed by atoms with Gasteiger partial charge in [0.2, 0.25) is 0 Å². The Morgan fingerprint density at radius 3 is 2.81 bits per heavy atom. The van der Waals surface area contributed by atoms with Crippen molar-refractivity contribution in [2.45, 2.75) is 25.6 Å². The molecule has 0 bridgehead atoms. The highest BCUT2D eigenvalue weighted by Gasteiger charge is 2.15. The molecule has 16 heavy (non-hydrogen) atoms. The van der Waals surface area contributed by atoms with Crippen molar-refractivity contribution in [2.24, 2.45) is 0 Å². The number of anilines is 1. The van der Waals surface area contributed by atoms with Crippen molar-refractivity contribution in [3.05, 3.63) is 28.2 Å². The molecule has 2 rings (SSSR count). The van der Waals surface area contributed by atoms with Crippen molar-refractivity contribution in [3.63, 3.8) is 0 Å². The topological polar surface area (TPSA) is 44.5 Å². The van der Waals surface area contributed by atoms with Crippen LogP contribution < -0.4 is 5.73 Å². The van der Waals surface area contributed by atoms with E-state index in [9.17, 15) is 0 Å². The van der Waals surface area contributed by atoms with E-state index in [0.29, 0.717) is 12.7 Å². The summed E-state index contributed by atoms with van der Waals surface area (Å²) in [4.78, 5) is 0. The van der Waals surface area contributed by atoms with Crippen LogP contribution in [0, 0.1) is 0 Å². The Morgan fingerprint density at radius 2 is 2.12 bits per heavy atom. The maximum Gasteiger partial charge on any atom is 0.0751 e. The first-order chi connectivity index (χ1) is 7.77. The number of halogens is 1. The van der Waals surface area contributed by atoms with E-state index < -0.39 is 0 Å². The molecule has 3 nitrogen and oxygen atoms in total. The van der Waals surface area contributed by atoms with Gasteiger partial charge in [-0.25, -0.2) is 0 Å². The van der Waals surface area contributed by atoms with Gasteiger partial charge in [-0.3, -0.25) is 0 Å². The Morgan fingerprint density at radius 1 is 1.38 bits per heavy atom. The Labute approximate surface area is 104 Å². The van der Waals surface area contributed by atoms with E-state index >= 15 is 0 Å². The molecule has 1 fully saturated rings. The van der Waals surface area contributed by atoms with E-state index in [4.69, 9.17) is 15.2 Å². The lowest BCUT2D eigenvalue weighted by molar-refractivity contribution is -0.0390. The third-order valence-electron chi connectivity index (χ3n) is 2.79. The summed E-state index contributed by atoms with van der Waals surface area (Å²) in [7, 11) is 0. The molecule has 1 aromatic carbocycles. The van der Waals surface area contributed by atoms with Crippen LogP contribution in [0.2, 0.25) is 0 Å². The number of rotatable bonds is 3. The summed E-state index contributed by atoms with van der Waals surface area (Å²) in [6.07, 6.45) is 2.26. The lowest BCUT2D eigenvalue weighted by Crippen LogP contribution is -2.23. The molecular formula is C12H16BrNO2. The quantitative estimate of drug-likeness (QED) is 0.869. The summed E-state index contributed by atoms with van der Waals surface area (Å²) in [6.45, 7) is 2.17. The molecule has 2 N–H and O–H groups in total. The first kappa shape index (κ1) is 11.9. The molecule has 0 unspecified atom stereocenters. The average molecular weight is 286 g/mol. The third-order valence-corrected chi connectivity index (χ3v) is 3.53. The van der Waals surface area contributed by atoms with Crippen molar-refractivity contribution in [1.29, 1.82) is 0 Å². The predicted molar refractivity (Wildman–Crippen MR) is 67.2 cm³/mol. The highest BCUT2D eigenvalue weighted by Crippen LogP contribution is 2.24. The van der Waals surface area contributed by atoms with E-state index in [-0.39, 0.29) is 0 Å². The second-order valence-corrected chi connectivity index (χ2v) is 4.78. The molecule has 1 aliphatic heterocycles. The summed E-state index contributed by atoms with van der Waals surface area (Å²) in [5.41, 5.74) is 7.72. The number of nitrogen functional groups attached to an aromatic ring is 1. The minimum absolute atomic E-state index is 0.306. The van der Waals surface area contributed by atoms with E-state index in [1.54, 1.807) is 0 Å². The summed E-state index contributed by atoms with van der Waals surface area (Å²) in [5.74, 6) is 0. The van der Waals surface area contributed by atoms with Crippen molar-refractivity contribution >= 4 is 21.6 Å². The largest absolute Gasteiger partial charge is 0.398 e. The lowest BCUT2D eigenvalue weighted by Gasteiger charge is -2.23. The maximum absolute atomic E-state index is 5.90. The lowest BCUT2D eigenvalue weighted by atomic mass is 10.1. The number of nitrogens with two attached hydrogens (primary N) is 1. The van der Waals surface area contributed by atoms with Crippen LogP contribution in [0.5, 0.6) is 0 Å². The molecule has 1 saturated heterocycles. The van der Waals surface area contributed by atoms with E-state index in [1.165, 1.54) is 0 Å². The van der Waals surface area contributed by atoms with Gasteiger partial charge in [0.1, 0.15) is 0 Å². The second kappa shape index (κ2) is 5.66. The van der Waals surface area contributed by atoms with Crippen LogP contribution in [0.4, 0.5) is 5.69 Å². The van der Waals surface area contributed by atoms with Gasteiger partial charge in [0.05, 0.1) is 12.7 Å². The van der Waals surface area contributed by atoms with Crippen molar-refractivity contribution in [3.8, 4) is 0 Å². The van der Waals surface area contributed by atoms with Gasteiger partial charge >= 0.3 is 0 Å². The van der Waals surface area contributed by atoms with Crippen LogP contribution in [0.3, 0.4) is 0 Å². The van der Waals surface area contributed by atoms with Crippen LogP contribution in [0.15, 0.2) is 22.7 Å². The maximum atomic E-state index is 5.90. The highest BCUT2D eigenvalue weighted by atomic mass is 79.9. The van der Waals surface area contributed by atoms with E-state index in [1.807, 2.05) is 18.2 Å². The molecule has 1 aliphatic rings. The fraction of sp³-hybridized carbons (Fsp3) is 0.500. The molecule has 0 saturated carbocycles.